The van der Waals surface area contributed by atoms with Crippen molar-refractivity contribution in [1.29, 1.82) is 0 Å². The molecule has 0 saturated carbocycles. The van der Waals surface area contributed by atoms with Gasteiger partial charge in [0.25, 0.3) is 0 Å². The van der Waals surface area contributed by atoms with Crippen molar-refractivity contribution in [2.24, 2.45) is 0 Å². The largest absolute Gasteiger partial charge is 0.486 e. The minimum absolute atomic E-state index is 0.0725. The maximum atomic E-state index is 5.90. The van der Waals surface area contributed by atoms with E-state index in [0.29, 0.717) is 11.6 Å². The van der Waals surface area contributed by atoms with Crippen LogP contribution in [-0.2, 0) is 13.2 Å². The molecule has 0 bridgehead atoms. The zero-order chi connectivity index (χ0) is 14.6. The maximum Gasteiger partial charge on any atom is 0.155 e. The van der Waals surface area contributed by atoms with Crippen LogP contribution in [0.15, 0.2) is 24.3 Å². The number of hydrogen-bond donors (Lipinski definition) is 1. The summed E-state index contributed by atoms with van der Waals surface area (Å²) >= 11 is 7.46. The van der Waals surface area contributed by atoms with Gasteiger partial charge in [-0.1, -0.05) is 29.0 Å². The highest BCUT2D eigenvalue weighted by Gasteiger charge is 2.11. The second kappa shape index (κ2) is 6.52. The number of nitrogens with zero attached hydrogens (tertiary/aromatic N) is 2. The van der Waals surface area contributed by atoms with Gasteiger partial charge in [0.05, 0.1) is 6.54 Å². The number of halogens is 1. The first kappa shape index (κ1) is 15.2. The van der Waals surface area contributed by atoms with Crippen molar-refractivity contribution in [1.82, 2.24) is 15.5 Å². The van der Waals surface area contributed by atoms with Crippen LogP contribution in [0.1, 0.15) is 30.8 Å². The van der Waals surface area contributed by atoms with Crippen molar-refractivity contribution in [3.63, 3.8) is 0 Å². The Hall–Kier alpha value is -1.17. The van der Waals surface area contributed by atoms with E-state index in [1.807, 2.05) is 18.2 Å². The summed E-state index contributed by atoms with van der Waals surface area (Å²) in [6.45, 7) is 7.50. The topological polar surface area (TPSA) is 47.0 Å². The van der Waals surface area contributed by atoms with E-state index in [4.69, 9.17) is 16.3 Å². The number of rotatable bonds is 5. The first-order valence-corrected chi connectivity index (χ1v) is 7.56. The maximum absolute atomic E-state index is 5.90. The monoisotopic (exact) mass is 311 g/mol. The Morgan fingerprint density at radius 3 is 2.70 bits per heavy atom. The van der Waals surface area contributed by atoms with Crippen molar-refractivity contribution in [2.75, 3.05) is 0 Å². The van der Waals surface area contributed by atoms with Gasteiger partial charge >= 0.3 is 0 Å². The van der Waals surface area contributed by atoms with E-state index < -0.39 is 0 Å². The predicted octanol–water partition coefficient (Wildman–Crippen LogP) is 3.66. The molecule has 0 radical (unpaired) electrons. The zero-order valence-corrected chi connectivity index (χ0v) is 13.4. The fourth-order valence-corrected chi connectivity index (χ4v) is 2.34. The Morgan fingerprint density at radius 1 is 1.25 bits per heavy atom. The number of ether oxygens (including phenoxy) is 1. The molecule has 0 aliphatic heterocycles. The van der Waals surface area contributed by atoms with Crippen LogP contribution in [0.2, 0.25) is 5.02 Å². The van der Waals surface area contributed by atoms with Gasteiger partial charge in [-0.3, -0.25) is 0 Å². The summed E-state index contributed by atoms with van der Waals surface area (Å²) in [5, 5.41) is 14.1. The molecule has 1 heterocycles. The molecule has 1 N–H and O–H groups in total. The Morgan fingerprint density at radius 2 is 2.00 bits per heavy atom. The van der Waals surface area contributed by atoms with Crippen LogP contribution in [0.25, 0.3) is 0 Å². The van der Waals surface area contributed by atoms with E-state index in [1.165, 1.54) is 0 Å². The van der Waals surface area contributed by atoms with E-state index in [-0.39, 0.29) is 5.54 Å². The third-order valence-corrected chi connectivity index (χ3v) is 3.57. The lowest BCUT2D eigenvalue weighted by atomic mass is 10.1. The van der Waals surface area contributed by atoms with Crippen LogP contribution in [0.4, 0.5) is 0 Å². The van der Waals surface area contributed by atoms with E-state index in [9.17, 15) is 0 Å². The van der Waals surface area contributed by atoms with Crippen molar-refractivity contribution >= 4 is 22.9 Å². The Labute approximate surface area is 128 Å². The molecule has 0 spiro atoms. The molecule has 0 fully saturated rings. The lowest BCUT2D eigenvalue weighted by molar-refractivity contribution is 0.304. The standard InChI is InChI=1S/C14H18ClN3OS/c1-14(2,3)16-8-12-17-18-13(20-12)9-19-11-6-4-5-10(15)7-11/h4-7,16H,8-9H2,1-3H3. The highest BCUT2D eigenvalue weighted by Crippen LogP contribution is 2.19. The van der Waals surface area contributed by atoms with Crippen LogP contribution in [0, 0.1) is 0 Å². The number of benzene rings is 1. The third kappa shape index (κ3) is 5.07. The van der Waals surface area contributed by atoms with Gasteiger partial charge < -0.3 is 10.1 Å². The fraction of sp³-hybridized carbons (Fsp3) is 0.429. The van der Waals surface area contributed by atoms with Gasteiger partial charge in [-0.2, -0.15) is 0 Å². The van der Waals surface area contributed by atoms with Gasteiger partial charge in [0.2, 0.25) is 0 Å². The lowest BCUT2D eigenvalue weighted by Crippen LogP contribution is -2.35. The second-order valence-corrected chi connectivity index (χ2v) is 7.02. The van der Waals surface area contributed by atoms with Crippen LogP contribution in [-0.4, -0.2) is 15.7 Å². The molecule has 108 valence electrons. The molecule has 0 saturated heterocycles. The molecule has 0 amide bonds. The molecule has 0 aliphatic rings. The first-order valence-electron chi connectivity index (χ1n) is 6.37. The number of hydrogen-bond acceptors (Lipinski definition) is 5. The molecular weight excluding hydrogens is 294 g/mol. The Balaban J connectivity index is 1.87. The van der Waals surface area contributed by atoms with Gasteiger partial charge in [0.15, 0.2) is 5.01 Å². The summed E-state index contributed by atoms with van der Waals surface area (Å²) < 4.78 is 5.63. The normalized spacial score (nSPS) is 11.6. The summed E-state index contributed by atoms with van der Waals surface area (Å²) in [6, 6.07) is 7.33. The van der Waals surface area contributed by atoms with Crippen molar-refractivity contribution < 1.29 is 4.74 Å². The van der Waals surface area contributed by atoms with Crippen molar-refractivity contribution in [2.45, 2.75) is 39.5 Å². The highest BCUT2D eigenvalue weighted by molar-refractivity contribution is 7.11. The van der Waals surface area contributed by atoms with Gasteiger partial charge in [0.1, 0.15) is 17.4 Å². The molecule has 1 aromatic heterocycles. The zero-order valence-electron chi connectivity index (χ0n) is 11.8. The minimum Gasteiger partial charge on any atom is -0.486 e. The third-order valence-electron chi connectivity index (χ3n) is 2.44. The molecule has 20 heavy (non-hydrogen) atoms. The Bertz CT molecular complexity index is 566. The van der Waals surface area contributed by atoms with Gasteiger partial charge in [0, 0.05) is 10.6 Å². The molecule has 0 aliphatic carbocycles. The van der Waals surface area contributed by atoms with E-state index in [2.05, 4.69) is 36.3 Å². The molecule has 2 aromatic rings. The van der Waals surface area contributed by atoms with Crippen LogP contribution >= 0.6 is 22.9 Å². The quantitative estimate of drug-likeness (QED) is 0.915. The summed E-state index contributed by atoms with van der Waals surface area (Å²) in [6.07, 6.45) is 0. The lowest BCUT2D eigenvalue weighted by Gasteiger charge is -2.19. The van der Waals surface area contributed by atoms with Gasteiger partial charge in [-0.05, 0) is 39.0 Å². The smallest absolute Gasteiger partial charge is 0.155 e. The molecule has 4 nitrogen and oxygen atoms in total. The van der Waals surface area contributed by atoms with Crippen LogP contribution < -0.4 is 10.1 Å². The molecule has 6 heteroatoms. The molecule has 0 atom stereocenters. The SMILES string of the molecule is CC(C)(C)NCc1nnc(COc2cccc(Cl)c2)s1. The summed E-state index contributed by atoms with van der Waals surface area (Å²) in [5.74, 6) is 0.738. The highest BCUT2D eigenvalue weighted by atomic mass is 35.5. The number of aromatic nitrogens is 2. The Kier molecular flexibility index (Phi) is 4.96. The minimum atomic E-state index is 0.0725. The van der Waals surface area contributed by atoms with E-state index in [0.717, 1.165) is 22.3 Å². The molecule has 2 rings (SSSR count). The molecular formula is C14H18ClN3OS. The fourth-order valence-electron chi connectivity index (χ4n) is 1.46. The first-order chi connectivity index (χ1) is 9.42. The number of nitrogens with one attached hydrogen (secondary N) is 1. The summed E-state index contributed by atoms with van der Waals surface area (Å²) in [5.41, 5.74) is 0.0725. The average Bonchev–Trinajstić information content (AvgIpc) is 2.81. The van der Waals surface area contributed by atoms with Gasteiger partial charge in [-0.15, -0.1) is 10.2 Å². The van der Waals surface area contributed by atoms with Gasteiger partial charge in [-0.25, -0.2) is 0 Å². The van der Waals surface area contributed by atoms with Crippen molar-refractivity contribution in [3.05, 3.63) is 39.3 Å². The second-order valence-electron chi connectivity index (χ2n) is 5.44. The van der Waals surface area contributed by atoms with E-state index in [1.54, 1.807) is 17.4 Å². The molecule has 0 unspecified atom stereocenters. The summed E-state index contributed by atoms with van der Waals surface area (Å²) in [7, 11) is 0. The average molecular weight is 312 g/mol. The molecule has 1 aromatic carbocycles. The van der Waals surface area contributed by atoms with E-state index >= 15 is 0 Å². The summed E-state index contributed by atoms with van der Waals surface area (Å²) in [4.78, 5) is 0. The van der Waals surface area contributed by atoms with Crippen LogP contribution in [0.3, 0.4) is 0 Å². The van der Waals surface area contributed by atoms with Crippen LogP contribution in [0.5, 0.6) is 5.75 Å². The predicted molar refractivity (Wildman–Crippen MR) is 82.3 cm³/mol. The van der Waals surface area contributed by atoms with Crippen molar-refractivity contribution in [3.8, 4) is 5.75 Å².